The van der Waals surface area contributed by atoms with Gasteiger partial charge in [-0.05, 0) is 19.1 Å². The van der Waals surface area contributed by atoms with Crippen molar-refractivity contribution < 1.29 is 4.79 Å². The fraction of sp³-hybridized carbons (Fsp3) is 0.538. The van der Waals surface area contributed by atoms with Gasteiger partial charge in [0.2, 0.25) is 5.91 Å². The van der Waals surface area contributed by atoms with Gasteiger partial charge in [-0.15, -0.1) is 0 Å². The number of aromatic nitrogens is 1. The van der Waals surface area contributed by atoms with Gasteiger partial charge in [-0.1, -0.05) is 6.92 Å². The highest BCUT2D eigenvalue weighted by molar-refractivity contribution is 5.76. The van der Waals surface area contributed by atoms with E-state index in [4.69, 9.17) is 0 Å². The zero-order valence-corrected chi connectivity index (χ0v) is 10.5. The molecule has 1 saturated heterocycles. The number of carbonyl (C=O) groups is 1. The molecule has 4 nitrogen and oxygen atoms in total. The van der Waals surface area contributed by atoms with Crippen LogP contribution in [0.5, 0.6) is 0 Å². The minimum Gasteiger partial charge on any atom is -0.368 e. The Morgan fingerprint density at radius 1 is 1.35 bits per heavy atom. The molecule has 0 radical (unpaired) electrons. The maximum absolute atomic E-state index is 11.6. The van der Waals surface area contributed by atoms with E-state index in [1.54, 1.807) is 0 Å². The third-order valence-electron chi connectivity index (χ3n) is 3.18. The second kappa shape index (κ2) is 5.17. The Balaban J connectivity index is 1.97. The molecule has 4 heteroatoms. The molecule has 0 bridgehead atoms. The molecule has 0 N–H and O–H groups in total. The van der Waals surface area contributed by atoms with E-state index in [0.717, 1.165) is 31.9 Å². The first-order valence-electron chi connectivity index (χ1n) is 6.16. The van der Waals surface area contributed by atoms with Gasteiger partial charge in [-0.3, -0.25) is 9.78 Å². The molecule has 1 aromatic heterocycles. The average Bonchev–Trinajstić information content (AvgIpc) is 2.38. The number of rotatable bonds is 2. The van der Waals surface area contributed by atoms with Crippen molar-refractivity contribution in [1.29, 1.82) is 0 Å². The SMILES string of the molecule is CCC(=O)N1CCN(c2ccnc(C)c2)CC1. The minimum absolute atomic E-state index is 0.260. The molecule has 2 rings (SSSR count). The summed E-state index contributed by atoms with van der Waals surface area (Å²) in [5.41, 5.74) is 2.25. The highest BCUT2D eigenvalue weighted by Gasteiger charge is 2.19. The molecule has 1 aliphatic heterocycles. The predicted molar refractivity (Wildman–Crippen MR) is 68.1 cm³/mol. The Labute approximate surface area is 102 Å². The van der Waals surface area contributed by atoms with Crippen molar-refractivity contribution in [2.24, 2.45) is 0 Å². The van der Waals surface area contributed by atoms with E-state index in [2.05, 4.69) is 16.0 Å². The monoisotopic (exact) mass is 233 g/mol. The Kier molecular flexibility index (Phi) is 3.61. The van der Waals surface area contributed by atoms with Crippen molar-refractivity contribution >= 4 is 11.6 Å². The standard InChI is InChI=1S/C13H19N3O/c1-3-13(17)16-8-6-15(7-9-16)12-4-5-14-11(2)10-12/h4-5,10H,3,6-9H2,1-2H3. The number of anilines is 1. The zero-order chi connectivity index (χ0) is 12.3. The van der Waals surface area contributed by atoms with E-state index in [-0.39, 0.29) is 5.91 Å². The molecule has 17 heavy (non-hydrogen) atoms. The van der Waals surface area contributed by atoms with Gasteiger partial charge in [-0.2, -0.15) is 0 Å². The quantitative estimate of drug-likeness (QED) is 0.775. The van der Waals surface area contributed by atoms with Crippen LogP contribution in [0.4, 0.5) is 5.69 Å². The maximum atomic E-state index is 11.6. The number of amides is 1. The molecule has 1 aliphatic rings. The molecule has 2 heterocycles. The maximum Gasteiger partial charge on any atom is 0.222 e. The molecule has 0 spiro atoms. The number of aryl methyl sites for hydroxylation is 1. The smallest absolute Gasteiger partial charge is 0.222 e. The highest BCUT2D eigenvalue weighted by atomic mass is 16.2. The zero-order valence-electron chi connectivity index (χ0n) is 10.5. The summed E-state index contributed by atoms with van der Waals surface area (Å²) in [5.74, 6) is 0.260. The molecule has 1 aromatic rings. The Hall–Kier alpha value is -1.58. The number of carbonyl (C=O) groups excluding carboxylic acids is 1. The van der Waals surface area contributed by atoms with E-state index in [0.29, 0.717) is 6.42 Å². The second-order valence-corrected chi connectivity index (χ2v) is 4.38. The van der Waals surface area contributed by atoms with Crippen LogP contribution in [0.25, 0.3) is 0 Å². The molecular weight excluding hydrogens is 214 g/mol. The lowest BCUT2D eigenvalue weighted by atomic mass is 10.2. The Morgan fingerprint density at radius 3 is 2.65 bits per heavy atom. The van der Waals surface area contributed by atoms with Crippen molar-refractivity contribution in [2.45, 2.75) is 20.3 Å². The first-order valence-corrected chi connectivity index (χ1v) is 6.16. The predicted octanol–water partition coefficient (Wildman–Crippen LogP) is 1.45. The van der Waals surface area contributed by atoms with Gasteiger partial charge in [0, 0.05) is 50.2 Å². The lowest BCUT2D eigenvalue weighted by Crippen LogP contribution is -2.48. The number of piperazine rings is 1. The van der Waals surface area contributed by atoms with E-state index in [1.165, 1.54) is 5.69 Å². The van der Waals surface area contributed by atoms with Crippen LogP contribution in [-0.4, -0.2) is 42.0 Å². The lowest BCUT2D eigenvalue weighted by Gasteiger charge is -2.36. The number of hydrogen-bond donors (Lipinski definition) is 0. The van der Waals surface area contributed by atoms with Crippen molar-refractivity contribution in [2.75, 3.05) is 31.1 Å². The van der Waals surface area contributed by atoms with Gasteiger partial charge in [0.1, 0.15) is 0 Å². The van der Waals surface area contributed by atoms with Crippen LogP contribution in [0, 0.1) is 6.92 Å². The first kappa shape index (κ1) is 11.9. The number of hydrogen-bond acceptors (Lipinski definition) is 3. The van der Waals surface area contributed by atoms with Crippen molar-refractivity contribution in [3.05, 3.63) is 24.0 Å². The van der Waals surface area contributed by atoms with Crippen LogP contribution >= 0.6 is 0 Å². The summed E-state index contributed by atoms with van der Waals surface area (Å²) in [6.07, 6.45) is 2.45. The van der Waals surface area contributed by atoms with Gasteiger partial charge in [0.15, 0.2) is 0 Å². The third kappa shape index (κ3) is 2.75. The number of pyridine rings is 1. The van der Waals surface area contributed by atoms with Crippen LogP contribution in [0.3, 0.4) is 0 Å². The van der Waals surface area contributed by atoms with Gasteiger partial charge in [-0.25, -0.2) is 0 Å². The van der Waals surface area contributed by atoms with E-state index in [9.17, 15) is 4.79 Å². The average molecular weight is 233 g/mol. The summed E-state index contributed by atoms with van der Waals surface area (Å²) in [4.78, 5) is 20.0. The summed E-state index contributed by atoms with van der Waals surface area (Å²) < 4.78 is 0. The summed E-state index contributed by atoms with van der Waals surface area (Å²) >= 11 is 0. The minimum atomic E-state index is 0.260. The Bertz CT molecular complexity index is 397. The van der Waals surface area contributed by atoms with Crippen LogP contribution in [0.15, 0.2) is 18.3 Å². The highest BCUT2D eigenvalue weighted by Crippen LogP contribution is 2.16. The summed E-state index contributed by atoms with van der Waals surface area (Å²) in [6, 6.07) is 4.13. The van der Waals surface area contributed by atoms with E-state index >= 15 is 0 Å². The van der Waals surface area contributed by atoms with E-state index < -0.39 is 0 Å². The Morgan fingerprint density at radius 2 is 2.06 bits per heavy atom. The molecule has 0 atom stereocenters. The molecular formula is C13H19N3O. The van der Waals surface area contributed by atoms with E-state index in [1.807, 2.05) is 31.0 Å². The van der Waals surface area contributed by atoms with Crippen LogP contribution in [0.2, 0.25) is 0 Å². The van der Waals surface area contributed by atoms with Crippen molar-refractivity contribution in [1.82, 2.24) is 9.88 Å². The molecule has 92 valence electrons. The third-order valence-corrected chi connectivity index (χ3v) is 3.18. The van der Waals surface area contributed by atoms with Gasteiger partial charge in [0.25, 0.3) is 0 Å². The van der Waals surface area contributed by atoms with Crippen molar-refractivity contribution in [3.8, 4) is 0 Å². The van der Waals surface area contributed by atoms with Crippen molar-refractivity contribution in [3.63, 3.8) is 0 Å². The summed E-state index contributed by atoms with van der Waals surface area (Å²) in [6.45, 7) is 7.40. The largest absolute Gasteiger partial charge is 0.368 e. The first-order chi connectivity index (χ1) is 8.20. The normalized spacial score (nSPS) is 16.1. The molecule has 1 fully saturated rings. The van der Waals surface area contributed by atoms with Crippen LogP contribution < -0.4 is 4.90 Å². The second-order valence-electron chi connectivity index (χ2n) is 4.38. The molecule has 0 unspecified atom stereocenters. The molecule has 1 amide bonds. The topological polar surface area (TPSA) is 36.4 Å². The molecule has 0 aliphatic carbocycles. The number of nitrogens with zero attached hydrogens (tertiary/aromatic N) is 3. The van der Waals surface area contributed by atoms with Crippen LogP contribution in [0.1, 0.15) is 19.0 Å². The van der Waals surface area contributed by atoms with Gasteiger partial charge >= 0.3 is 0 Å². The lowest BCUT2D eigenvalue weighted by molar-refractivity contribution is -0.131. The summed E-state index contributed by atoms with van der Waals surface area (Å²) in [5, 5.41) is 0. The van der Waals surface area contributed by atoms with Gasteiger partial charge in [0.05, 0.1) is 0 Å². The summed E-state index contributed by atoms with van der Waals surface area (Å²) in [7, 11) is 0. The molecule has 0 saturated carbocycles. The van der Waals surface area contributed by atoms with Crippen LogP contribution in [-0.2, 0) is 4.79 Å². The van der Waals surface area contributed by atoms with Gasteiger partial charge < -0.3 is 9.80 Å². The fourth-order valence-electron chi connectivity index (χ4n) is 2.16. The fourth-order valence-corrected chi connectivity index (χ4v) is 2.16. The molecule has 0 aromatic carbocycles.